The number of nitrogens with one attached hydrogen (secondary N) is 1. The van der Waals surface area contributed by atoms with E-state index in [-0.39, 0.29) is 12.3 Å². The molecule has 120 valence electrons. The molecule has 0 spiro atoms. The summed E-state index contributed by atoms with van der Waals surface area (Å²) in [5.41, 5.74) is 7.83. The Labute approximate surface area is 140 Å². The van der Waals surface area contributed by atoms with Crippen molar-refractivity contribution in [2.75, 3.05) is 11.1 Å². The third-order valence-corrected chi connectivity index (χ3v) is 5.36. The first-order valence-corrected chi connectivity index (χ1v) is 8.84. The summed E-state index contributed by atoms with van der Waals surface area (Å²) >= 11 is 1.88. The van der Waals surface area contributed by atoms with Crippen molar-refractivity contribution in [1.82, 2.24) is 4.98 Å². The zero-order chi connectivity index (χ0) is 16.1. The Hall–Kier alpha value is -2.01. The van der Waals surface area contributed by atoms with Crippen LogP contribution in [0.4, 0.5) is 11.4 Å². The van der Waals surface area contributed by atoms with Crippen molar-refractivity contribution < 1.29 is 4.79 Å². The molecule has 1 aromatic heterocycles. The number of hydrogen-bond acceptors (Lipinski definition) is 4. The molecule has 1 amide bonds. The Morgan fingerprint density at radius 1 is 1.22 bits per heavy atom. The van der Waals surface area contributed by atoms with Gasteiger partial charge in [-0.3, -0.25) is 9.78 Å². The number of carbonyl (C=O) groups is 1. The van der Waals surface area contributed by atoms with Crippen molar-refractivity contribution in [1.29, 1.82) is 0 Å². The molecule has 1 fully saturated rings. The van der Waals surface area contributed by atoms with E-state index in [1.807, 2.05) is 30.0 Å². The molecular formula is C18H21N3OS. The van der Waals surface area contributed by atoms with E-state index in [0.717, 1.165) is 16.3 Å². The van der Waals surface area contributed by atoms with Crippen LogP contribution in [0.25, 0.3) is 0 Å². The zero-order valence-electron chi connectivity index (χ0n) is 13.0. The first kappa shape index (κ1) is 15.9. The lowest BCUT2D eigenvalue weighted by atomic mass is 10.2. The molecule has 5 heteroatoms. The van der Waals surface area contributed by atoms with Gasteiger partial charge in [0.2, 0.25) is 5.91 Å². The smallest absolute Gasteiger partial charge is 0.230 e. The molecule has 1 aromatic carbocycles. The van der Waals surface area contributed by atoms with Crippen LogP contribution >= 0.6 is 11.8 Å². The third kappa shape index (κ3) is 4.48. The Bertz CT molecular complexity index is 666. The van der Waals surface area contributed by atoms with Crippen molar-refractivity contribution >= 4 is 29.0 Å². The van der Waals surface area contributed by atoms with Crippen molar-refractivity contribution in [3.63, 3.8) is 0 Å². The molecule has 0 bridgehead atoms. The Morgan fingerprint density at radius 3 is 2.74 bits per heavy atom. The number of nitrogen functional groups attached to an aromatic ring is 1. The van der Waals surface area contributed by atoms with Crippen LogP contribution in [0.1, 0.15) is 31.4 Å². The van der Waals surface area contributed by atoms with E-state index in [4.69, 9.17) is 5.73 Å². The van der Waals surface area contributed by atoms with Gasteiger partial charge in [-0.2, -0.15) is 0 Å². The van der Waals surface area contributed by atoms with Crippen LogP contribution in [0.3, 0.4) is 0 Å². The molecule has 1 aliphatic rings. The van der Waals surface area contributed by atoms with E-state index in [1.54, 1.807) is 18.3 Å². The molecule has 2 aromatic rings. The van der Waals surface area contributed by atoms with Crippen LogP contribution in [0.5, 0.6) is 0 Å². The molecule has 0 atom stereocenters. The Morgan fingerprint density at radius 2 is 2.00 bits per heavy atom. The number of anilines is 2. The summed E-state index contributed by atoms with van der Waals surface area (Å²) in [5, 5.41) is 3.69. The Kier molecular flexibility index (Phi) is 5.18. The number of pyridine rings is 1. The number of benzene rings is 1. The van der Waals surface area contributed by atoms with Gasteiger partial charge >= 0.3 is 0 Å². The van der Waals surface area contributed by atoms with Gasteiger partial charge in [-0.05, 0) is 37.1 Å². The predicted octanol–water partition coefficient (Wildman–Crippen LogP) is 3.88. The molecule has 23 heavy (non-hydrogen) atoms. The van der Waals surface area contributed by atoms with Gasteiger partial charge in [-0.1, -0.05) is 25.0 Å². The summed E-state index contributed by atoms with van der Waals surface area (Å²) in [7, 11) is 0. The van der Waals surface area contributed by atoms with Gasteiger partial charge < -0.3 is 11.1 Å². The molecule has 1 heterocycles. The van der Waals surface area contributed by atoms with E-state index < -0.39 is 0 Å². The van der Waals surface area contributed by atoms with Gasteiger partial charge in [-0.15, -0.1) is 11.8 Å². The second kappa shape index (κ2) is 7.51. The minimum absolute atomic E-state index is 0.0539. The largest absolute Gasteiger partial charge is 0.397 e. The lowest BCUT2D eigenvalue weighted by Crippen LogP contribution is -2.16. The first-order valence-electron chi connectivity index (χ1n) is 7.96. The fraction of sp³-hybridized carbons (Fsp3) is 0.333. The molecule has 1 saturated carbocycles. The minimum Gasteiger partial charge on any atom is -0.397 e. The number of amides is 1. The van der Waals surface area contributed by atoms with Gasteiger partial charge in [0.05, 0.1) is 24.0 Å². The average Bonchev–Trinajstić information content (AvgIpc) is 3.05. The standard InChI is InChI=1S/C18H21N3OS/c19-13-9-10-14(20-12-13)11-18(22)21-16-7-3-4-8-17(16)23-15-5-1-2-6-15/h3-4,7-10,12,15H,1-2,5-6,11,19H2,(H,21,22). The highest BCUT2D eigenvalue weighted by molar-refractivity contribution is 8.00. The average molecular weight is 327 g/mol. The van der Waals surface area contributed by atoms with Crippen molar-refractivity contribution in [2.24, 2.45) is 0 Å². The summed E-state index contributed by atoms with van der Waals surface area (Å²) < 4.78 is 0. The lowest BCUT2D eigenvalue weighted by Gasteiger charge is -2.14. The highest BCUT2D eigenvalue weighted by Gasteiger charge is 2.18. The number of aromatic nitrogens is 1. The van der Waals surface area contributed by atoms with Crippen LogP contribution in [-0.2, 0) is 11.2 Å². The zero-order valence-corrected chi connectivity index (χ0v) is 13.8. The number of nitrogens with zero attached hydrogens (tertiary/aromatic N) is 1. The van der Waals surface area contributed by atoms with Crippen LogP contribution < -0.4 is 11.1 Å². The van der Waals surface area contributed by atoms with Gasteiger partial charge in [0, 0.05) is 15.8 Å². The van der Waals surface area contributed by atoms with E-state index in [2.05, 4.69) is 16.4 Å². The summed E-state index contributed by atoms with van der Waals surface area (Å²) in [4.78, 5) is 17.6. The number of carbonyl (C=O) groups excluding carboxylic acids is 1. The third-order valence-electron chi connectivity index (χ3n) is 3.95. The van der Waals surface area contributed by atoms with E-state index in [9.17, 15) is 4.79 Å². The van der Waals surface area contributed by atoms with Gasteiger partial charge in [0.25, 0.3) is 0 Å². The molecule has 3 rings (SSSR count). The lowest BCUT2D eigenvalue weighted by molar-refractivity contribution is -0.115. The normalized spacial score (nSPS) is 14.8. The SMILES string of the molecule is Nc1ccc(CC(=O)Nc2ccccc2SC2CCCC2)nc1. The van der Waals surface area contributed by atoms with Crippen LogP contribution in [-0.4, -0.2) is 16.1 Å². The van der Waals surface area contributed by atoms with Gasteiger partial charge in [0.15, 0.2) is 0 Å². The summed E-state index contributed by atoms with van der Waals surface area (Å²) in [6, 6.07) is 11.6. The maximum Gasteiger partial charge on any atom is 0.230 e. The summed E-state index contributed by atoms with van der Waals surface area (Å²) in [6.45, 7) is 0. The number of hydrogen-bond donors (Lipinski definition) is 2. The van der Waals surface area contributed by atoms with Crippen molar-refractivity contribution in [2.45, 2.75) is 42.2 Å². The molecule has 0 aliphatic heterocycles. The van der Waals surface area contributed by atoms with E-state index >= 15 is 0 Å². The minimum atomic E-state index is -0.0539. The van der Waals surface area contributed by atoms with Gasteiger partial charge in [-0.25, -0.2) is 0 Å². The summed E-state index contributed by atoms with van der Waals surface area (Å²) in [6.07, 6.45) is 6.99. The molecule has 4 nitrogen and oxygen atoms in total. The number of nitrogens with two attached hydrogens (primary N) is 1. The second-order valence-electron chi connectivity index (χ2n) is 5.83. The molecule has 1 aliphatic carbocycles. The van der Waals surface area contributed by atoms with Crippen LogP contribution in [0.2, 0.25) is 0 Å². The fourth-order valence-corrected chi connectivity index (χ4v) is 4.09. The predicted molar refractivity (Wildman–Crippen MR) is 95.5 cm³/mol. The number of rotatable bonds is 5. The number of para-hydroxylation sites is 1. The van der Waals surface area contributed by atoms with E-state index in [1.165, 1.54) is 25.7 Å². The second-order valence-corrected chi connectivity index (χ2v) is 7.17. The van der Waals surface area contributed by atoms with Crippen LogP contribution in [0, 0.1) is 0 Å². The highest BCUT2D eigenvalue weighted by atomic mass is 32.2. The molecule has 0 unspecified atom stereocenters. The van der Waals surface area contributed by atoms with Crippen LogP contribution in [0.15, 0.2) is 47.5 Å². The maximum absolute atomic E-state index is 12.3. The maximum atomic E-state index is 12.3. The van der Waals surface area contributed by atoms with Crippen molar-refractivity contribution in [3.05, 3.63) is 48.3 Å². The van der Waals surface area contributed by atoms with E-state index in [0.29, 0.717) is 10.9 Å². The quantitative estimate of drug-likeness (QED) is 0.874. The molecule has 3 N–H and O–H groups in total. The fourth-order valence-electron chi connectivity index (χ4n) is 2.76. The summed E-state index contributed by atoms with van der Waals surface area (Å²) in [5.74, 6) is -0.0539. The first-order chi connectivity index (χ1) is 11.2. The van der Waals surface area contributed by atoms with Gasteiger partial charge in [0.1, 0.15) is 0 Å². The topological polar surface area (TPSA) is 68.0 Å². The molecule has 0 saturated heterocycles. The molecular weight excluding hydrogens is 306 g/mol. The highest BCUT2D eigenvalue weighted by Crippen LogP contribution is 2.37. The Balaban J connectivity index is 1.64. The monoisotopic (exact) mass is 327 g/mol. The molecule has 0 radical (unpaired) electrons. The number of thioether (sulfide) groups is 1. The van der Waals surface area contributed by atoms with Crippen molar-refractivity contribution in [3.8, 4) is 0 Å².